The molecule has 0 radical (unpaired) electrons. The van der Waals surface area contributed by atoms with Gasteiger partial charge in [-0.25, -0.2) is 0 Å². The van der Waals surface area contributed by atoms with E-state index in [1.807, 2.05) is 0 Å². The Balaban J connectivity index is 3.05. The maximum Gasteiger partial charge on any atom is 0.323 e. The molecule has 0 atom stereocenters. The van der Waals surface area contributed by atoms with Gasteiger partial charge in [-0.1, -0.05) is 31.5 Å². The van der Waals surface area contributed by atoms with Crippen LogP contribution in [-0.2, 0) is 11.3 Å². The predicted molar refractivity (Wildman–Crippen MR) is 75.9 cm³/mol. The number of rotatable bonds is 7. The number of carboxylic acid groups (broad SMARTS) is 1. The minimum atomic E-state index is -1.10. The summed E-state index contributed by atoms with van der Waals surface area (Å²) >= 11 is 5.98. The van der Waals surface area contributed by atoms with Crippen LogP contribution in [0.15, 0.2) is 18.2 Å². The van der Waals surface area contributed by atoms with Crippen LogP contribution in [0.25, 0.3) is 0 Å². The van der Waals surface area contributed by atoms with Gasteiger partial charge in [-0.05, 0) is 18.9 Å². The number of carbonyl (C=O) groups is 1. The Kier molecular flexibility index (Phi) is 5.47. The quantitative estimate of drug-likeness (QED) is 0.596. The largest absolute Gasteiger partial charge is 0.480 e. The molecule has 0 saturated heterocycles. The van der Waals surface area contributed by atoms with Crippen molar-refractivity contribution in [2.24, 2.45) is 0 Å². The third-order valence-corrected chi connectivity index (χ3v) is 3.86. The first-order valence-corrected chi connectivity index (χ1v) is 6.66. The smallest absolute Gasteiger partial charge is 0.323 e. The Morgan fingerprint density at radius 3 is 2.50 bits per heavy atom. The van der Waals surface area contributed by atoms with Gasteiger partial charge in [0.15, 0.2) is 0 Å². The normalized spacial score (nSPS) is 11.3. The molecule has 1 rings (SSSR count). The molecule has 7 heteroatoms. The second-order valence-corrected chi connectivity index (χ2v) is 4.85. The lowest BCUT2D eigenvalue weighted by Gasteiger charge is -2.28. The van der Waals surface area contributed by atoms with E-state index in [2.05, 4.69) is 5.32 Å². The number of halogens is 1. The molecule has 0 aliphatic heterocycles. The van der Waals surface area contributed by atoms with Crippen LogP contribution < -0.4 is 5.32 Å². The van der Waals surface area contributed by atoms with Gasteiger partial charge in [-0.2, -0.15) is 0 Å². The first-order chi connectivity index (χ1) is 9.38. The molecule has 6 nitrogen and oxygen atoms in total. The fraction of sp³-hybridized carbons (Fsp3) is 0.462. The summed E-state index contributed by atoms with van der Waals surface area (Å²) in [6.45, 7) is 3.54. The third kappa shape index (κ3) is 3.26. The van der Waals surface area contributed by atoms with E-state index in [-0.39, 0.29) is 17.3 Å². The maximum atomic E-state index is 11.4. The van der Waals surface area contributed by atoms with Crippen molar-refractivity contribution >= 4 is 23.3 Å². The fourth-order valence-electron chi connectivity index (χ4n) is 2.03. The van der Waals surface area contributed by atoms with Gasteiger partial charge in [0.25, 0.3) is 5.69 Å². The molecule has 2 N–H and O–H groups in total. The highest BCUT2D eigenvalue weighted by atomic mass is 35.5. The summed E-state index contributed by atoms with van der Waals surface area (Å²) in [5, 5.41) is 23.4. The van der Waals surface area contributed by atoms with E-state index in [1.54, 1.807) is 19.9 Å². The van der Waals surface area contributed by atoms with Gasteiger partial charge in [0, 0.05) is 12.6 Å². The molecule has 0 unspecified atom stereocenters. The minimum absolute atomic E-state index is 0.0317. The van der Waals surface area contributed by atoms with Crippen molar-refractivity contribution in [2.75, 3.05) is 0 Å². The van der Waals surface area contributed by atoms with Crippen LogP contribution in [0.3, 0.4) is 0 Å². The average Bonchev–Trinajstić information content (AvgIpc) is 2.41. The molecule has 0 aliphatic rings. The molecule has 20 heavy (non-hydrogen) atoms. The number of nitrogens with zero attached hydrogens (tertiary/aromatic N) is 1. The van der Waals surface area contributed by atoms with Crippen molar-refractivity contribution in [3.05, 3.63) is 38.9 Å². The Labute approximate surface area is 121 Å². The lowest BCUT2D eigenvalue weighted by atomic mass is 9.92. The van der Waals surface area contributed by atoms with Crippen LogP contribution in [0.4, 0.5) is 5.69 Å². The molecule has 0 aliphatic carbocycles. The Hall–Kier alpha value is -1.66. The Morgan fingerprint density at radius 2 is 2.05 bits per heavy atom. The summed E-state index contributed by atoms with van der Waals surface area (Å²) < 4.78 is 0. The van der Waals surface area contributed by atoms with Crippen molar-refractivity contribution in [3.8, 4) is 0 Å². The highest BCUT2D eigenvalue weighted by Gasteiger charge is 2.34. The van der Waals surface area contributed by atoms with Gasteiger partial charge in [0.2, 0.25) is 0 Å². The topological polar surface area (TPSA) is 92.5 Å². The molecule has 1 aromatic carbocycles. The van der Waals surface area contributed by atoms with Gasteiger partial charge in [0.1, 0.15) is 5.54 Å². The van der Waals surface area contributed by atoms with E-state index in [9.17, 15) is 20.0 Å². The summed E-state index contributed by atoms with van der Waals surface area (Å²) in [5.41, 5.74) is -0.921. The highest BCUT2D eigenvalue weighted by molar-refractivity contribution is 6.31. The zero-order valence-electron chi connectivity index (χ0n) is 11.4. The number of carboxylic acids is 1. The summed E-state index contributed by atoms with van der Waals surface area (Å²) in [6, 6.07) is 4.39. The minimum Gasteiger partial charge on any atom is -0.480 e. The predicted octanol–water partition coefficient (Wildman–Crippen LogP) is 2.98. The number of benzene rings is 1. The molecule has 0 fully saturated rings. The molecule has 0 heterocycles. The second-order valence-electron chi connectivity index (χ2n) is 4.44. The van der Waals surface area contributed by atoms with Crippen LogP contribution in [-0.4, -0.2) is 21.5 Å². The molecular formula is C13H17ClN2O4. The van der Waals surface area contributed by atoms with Crippen LogP contribution in [0.1, 0.15) is 32.3 Å². The van der Waals surface area contributed by atoms with Crippen molar-refractivity contribution < 1.29 is 14.8 Å². The summed E-state index contributed by atoms with van der Waals surface area (Å²) in [7, 11) is 0. The van der Waals surface area contributed by atoms with Gasteiger partial charge < -0.3 is 5.11 Å². The number of nitrogens with one attached hydrogen (secondary N) is 1. The number of hydrogen-bond donors (Lipinski definition) is 2. The Bertz CT molecular complexity index is 515. The van der Waals surface area contributed by atoms with Crippen LogP contribution in [0.2, 0.25) is 5.02 Å². The van der Waals surface area contributed by atoms with Gasteiger partial charge in [-0.3, -0.25) is 20.2 Å². The molecule has 0 bridgehead atoms. The molecule has 1 aromatic rings. The van der Waals surface area contributed by atoms with E-state index >= 15 is 0 Å². The molecule has 0 saturated carbocycles. The summed E-state index contributed by atoms with van der Waals surface area (Å²) in [5.74, 6) is -0.975. The van der Waals surface area contributed by atoms with E-state index in [4.69, 9.17) is 11.6 Å². The van der Waals surface area contributed by atoms with Gasteiger partial charge >= 0.3 is 5.97 Å². The molecule has 0 amide bonds. The summed E-state index contributed by atoms with van der Waals surface area (Å²) in [6.07, 6.45) is 0.744. The zero-order valence-corrected chi connectivity index (χ0v) is 12.1. The van der Waals surface area contributed by atoms with Crippen molar-refractivity contribution in [2.45, 2.75) is 38.8 Å². The third-order valence-electron chi connectivity index (χ3n) is 3.51. The first-order valence-electron chi connectivity index (χ1n) is 6.28. The lowest BCUT2D eigenvalue weighted by Crippen LogP contribution is -2.50. The van der Waals surface area contributed by atoms with Crippen molar-refractivity contribution in [3.63, 3.8) is 0 Å². The van der Waals surface area contributed by atoms with E-state index in [1.165, 1.54) is 12.1 Å². The van der Waals surface area contributed by atoms with Gasteiger partial charge in [0.05, 0.1) is 15.5 Å². The van der Waals surface area contributed by atoms with Crippen molar-refractivity contribution in [1.82, 2.24) is 5.32 Å². The van der Waals surface area contributed by atoms with Crippen molar-refractivity contribution in [1.29, 1.82) is 0 Å². The maximum absolute atomic E-state index is 11.4. The van der Waals surface area contributed by atoms with E-state index in [0.29, 0.717) is 18.4 Å². The lowest BCUT2D eigenvalue weighted by molar-refractivity contribution is -0.385. The Morgan fingerprint density at radius 1 is 1.45 bits per heavy atom. The van der Waals surface area contributed by atoms with Crippen LogP contribution in [0.5, 0.6) is 0 Å². The highest BCUT2D eigenvalue weighted by Crippen LogP contribution is 2.27. The monoisotopic (exact) mass is 300 g/mol. The fourth-order valence-corrected chi connectivity index (χ4v) is 2.27. The number of nitro groups is 1. The number of nitro benzene ring substituents is 1. The SMILES string of the molecule is CCC(CC)(NCc1c(Cl)cccc1[N+](=O)[O-])C(=O)O. The second kappa shape index (κ2) is 6.67. The molecule has 0 aromatic heterocycles. The van der Waals surface area contributed by atoms with Crippen LogP contribution >= 0.6 is 11.6 Å². The van der Waals surface area contributed by atoms with Gasteiger partial charge in [-0.15, -0.1) is 0 Å². The van der Waals surface area contributed by atoms with E-state index < -0.39 is 16.4 Å². The zero-order chi connectivity index (χ0) is 15.3. The number of aliphatic carboxylic acids is 1. The molecular weight excluding hydrogens is 284 g/mol. The number of hydrogen-bond acceptors (Lipinski definition) is 4. The average molecular weight is 301 g/mol. The van der Waals surface area contributed by atoms with E-state index in [0.717, 1.165) is 0 Å². The summed E-state index contributed by atoms with van der Waals surface area (Å²) in [4.78, 5) is 21.8. The molecule has 0 spiro atoms. The first kappa shape index (κ1) is 16.4. The molecule has 110 valence electrons. The van der Waals surface area contributed by atoms with Crippen LogP contribution in [0, 0.1) is 10.1 Å². The standard InChI is InChI=1S/C13H17ClN2O4/c1-3-13(4-2,12(17)18)15-8-9-10(14)6-5-7-11(9)16(19)20/h5-7,15H,3-4,8H2,1-2H3,(H,17,18).